The second kappa shape index (κ2) is 7.28. The molecule has 5 nitrogen and oxygen atoms in total. The van der Waals surface area contributed by atoms with Crippen molar-refractivity contribution in [2.75, 3.05) is 33.4 Å². The maximum Gasteiger partial charge on any atom is 0.269 e. The zero-order chi connectivity index (χ0) is 17.0. The molecular formula is C19H25N3O2. The van der Waals surface area contributed by atoms with Crippen molar-refractivity contribution in [2.24, 2.45) is 5.41 Å². The number of carbonyl (C=O) groups excluding carboxylic acids is 1. The molecule has 24 heavy (non-hydrogen) atoms. The standard InChI is InChI=1S/C19H25N3O2/c1-14-11-17(22-16-6-4-3-5-15(14)16)18(23)21-12-19(13-24-2)7-9-20-10-8-19/h3-6,11,20H,7-10,12-13H2,1-2H3,(H,21,23). The lowest BCUT2D eigenvalue weighted by Crippen LogP contribution is -2.47. The number of amides is 1. The van der Waals surface area contributed by atoms with E-state index in [1.54, 1.807) is 7.11 Å². The Bertz CT molecular complexity index is 718. The van der Waals surface area contributed by atoms with E-state index < -0.39 is 0 Å². The van der Waals surface area contributed by atoms with Crippen LogP contribution in [-0.2, 0) is 4.74 Å². The maximum atomic E-state index is 12.6. The summed E-state index contributed by atoms with van der Waals surface area (Å²) in [7, 11) is 1.72. The first-order chi connectivity index (χ1) is 11.6. The fraction of sp³-hybridized carbons (Fsp3) is 0.474. The summed E-state index contributed by atoms with van der Waals surface area (Å²) < 4.78 is 5.40. The molecule has 2 aromatic rings. The minimum Gasteiger partial charge on any atom is -0.384 e. The van der Waals surface area contributed by atoms with Gasteiger partial charge in [0, 0.05) is 24.5 Å². The number of benzene rings is 1. The molecule has 1 amide bonds. The summed E-state index contributed by atoms with van der Waals surface area (Å²) in [6, 6.07) is 9.77. The van der Waals surface area contributed by atoms with E-state index in [9.17, 15) is 4.79 Å². The number of hydrogen-bond donors (Lipinski definition) is 2. The Morgan fingerprint density at radius 3 is 2.83 bits per heavy atom. The Kier molecular flexibility index (Phi) is 5.11. The highest BCUT2D eigenvalue weighted by Crippen LogP contribution is 2.28. The van der Waals surface area contributed by atoms with E-state index in [1.807, 2.05) is 37.3 Å². The van der Waals surface area contributed by atoms with Crippen LogP contribution >= 0.6 is 0 Å². The quantitative estimate of drug-likeness (QED) is 0.884. The summed E-state index contributed by atoms with van der Waals surface area (Å²) in [4.78, 5) is 17.1. The number of piperidine rings is 1. The van der Waals surface area contributed by atoms with Gasteiger partial charge in [-0.2, -0.15) is 0 Å². The van der Waals surface area contributed by atoms with Gasteiger partial charge >= 0.3 is 0 Å². The Hall–Kier alpha value is -1.98. The fourth-order valence-corrected chi connectivity index (χ4v) is 3.46. The van der Waals surface area contributed by atoms with Gasteiger partial charge in [-0.15, -0.1) is 0 Å². The molecule has 2 N–H and O–H groups in total. The van der Waals surface area contributed by atoms with Crippen LogP contribution in [0.3, 0.4) is 0 Å². The van der Waals surface area contributed by atoms with Crippen LogP contribution in [0.2, 0.25) is 0 Å². The van der Waals surface area contributed by atoms with Crippen molar-refractivity contribution < 1.29 is 9.53 Å². The van der Waals surface area contributed by atoms with Crippen LogP contribution in [0, 0.1) is 12.3 Å². The van der Waals surface area contributed by atoms with E-state index in [4.69, 9.17) is 4.74 Å². The first-order valence-corrected chi connectivity index (χ1v) is 8.48. The lowest BCUT2D eigenvalue weighted by Gasteiger charge is -2.37. The zero-order valence-corrected chi connectivity index (χ0v) is 14.4. The normalized spacial score (nSPS) is 16.9. The fourth-order valence-electron chi connectivity index (χ4n) is 3.46. The number of ether oxygens (including phenoxy) is 1. The van der Waals surface area contributed by atoms with Gasteiger partial charge in [0.2, 0.25) is 0 Å². The van der Waals surface area contributed by atoms with Crippen LogP contribution in [0.1, 0.15) is 28.9 Å². The molecule has 3 rings (SSSR count). The van der Waals surface area contributed by atoms with E-state index >= 15 is 0 Å². The van der Waals surface area contributed by atoms with Crippen molar-refractivity contribution in [1.29, 1.82) is 0 Å². The average molecular weight is 327 g/mol. The van der Waals surface area contributed by atoms with Gasteiger partial charge in [0.05, 0.1) is 12.1 Å². The molecule has 0 unspecified atom stereocenters. The number of nitrogens with zero attached hydrogens (tertiary/aromatic N) is 1. The van der Waals surface area contributed by atoms with Gasteiger partial charge in [0.1, 0.15) is 5.69 Å². The SMILES string of the molecule is COCC1(CNC(=O)c2cc(C)c3ccccc3n2)CCNCC1. The monoisotopic (exact) mass is 327 g/mol. The highest BCUT2D eigenvalue weighted by atomic mass is 16.5. The highest BCUT2D eigenvalue weighted by molar-refractivity contribution is 5.95. The van der Waals surface area contributed by atoms with E-state index in [0.717, 1.165) is 42.4 Å². The van der Waals surface area contributed by atoms with Crippen LogP contribution in [-0.4, -0.2) is 44.2 Å². The molecule has 0 bridgehead atoms. The molecule has 1 fully saturated rings. The average Bonchev–Trinajstić information content (AvgIpc) is 2.61. The predicted octanol–water partition coefficient (Wildman–Crippen LogP) is 2.29. The van der Waals surface area contributed by atoms with Gasteiger partial charge < -0.3 is 15.4 Å². The molecule has 1 aliphatic rings. The van der Waals surface area contributed by atoms with Crippen molar-refractivity contribution in [2.45, 2.75) is 19.8 Å². The number of rotatable bonds is 5. The number of nitrogens with one attached hydrogen (secondary N) is 2. The third-order valence-electron chi connectivity index (χ3n) is 4.89. The number of carbonyl (C=O) groups is 1. The van der Waals surface area contributed by atoms with E-state index in [2.05, 4.69) is 15.6 Å². The predicted molar refractivity (Wildman–Crippen MR) is 95.2 cm³/mol. The molecule has 0 spiro atoms. The minimum absolute atomic E-state index is 0.0154. The van der Waals surface area contributed by atoms with Crippen molar-refractivity contribution in [1.82, 2.24) is 15.6 Å². The number of para-hydroxylation sites is 1. The molecule has 1 aromatic carbocycles. The number of hydrogen-bond acceptors (Lipinski definition) is 4. The summed E-state index contributed by atoms with van der Waals surface area (Å²) in [5.74, 6) is -0.113. The van der Waals surface area contributed by atoms with Crippen LogP contribution in [0.25, 0.3) is 10.9 Å². The molecule has 0 saturated carbocycles. The molecule has 1 aromatic heterocycles. The summed E-state index contributed by atoms with van der Waals surface area (Å²) in [5.41, 5.74) is 2.42. The van der Waals surface area contributed by atoms with E-state index in [1.165, 1.54) is 0 Å². The molecule has 5 heteroatoms. The molecule has 2 heterocycles. The lowest BCUT2D eigenvalue weighted by molar-refractivity contribution is 0.0511. The second-order valence-electron chi connectivity index (χ2n) is 6.71. The number of pyridine rings is 1. The smallest absolute Gasteiger partial charge is 0.269 e. The number of aryl methyl sites for hydroxylation is 1. The van der Waals surface area contributed by atoms with Gasteiger partial charge in [0.25, 0.3) is 5.91 Å². The first-order valence-electron chi connectivity index (χ1n) is 8.48. The number of fused-ring (bicyclic) bond motifs is 1. The van der Waals surface area contributed by atoms with Gasteiger partial charge in [0.15, 0.2) is 0 Å². The van der Waals surface area contributed by atoms with Crippen molar-refractivity contribution in [3.63, 3.8) is 0 Å². The second-order valence-corrected chi connectivity index (χ2v) is 6.71. The Morgan fingerprint density at radius 1 is 1.33 bits per heavy atom. The third-order valence-corrected chi connectivity index (χ3v) is 4.89. The summed E-state index contributed by atoms with van der Waals surface area (Å²) in [6.07, 6.45) is 2.01. The Balaban J connectivity index is 1.74. The van der Waals surface area contributed by atoms with E-state index in [0.29, 0.717) is 18.8 Å². The summed E-state index contributed by atoms with van der Waals surface area (Å²) >= 11 is 0. The Morgan fingerprint density at radius 2 is 2.08 bits per heavy atom. The number of aromatic nitrogens is 1. The van der Waals surface area contributed by atoms with Crippen molar-refractivity contribution in [3.8, 4) is 0 Å². The summed E-state index contributed by atoms with van der Waals surface area (Å²) in [6.45, 7) is 5.23. The van der Waals surface area contributed by atoms with Crippen LogP contribution < -0.4 is 10.6 Å². The molecule has 0 aliphatic carbocycles. The van der Waals surface area contributed by atoms with Crippen LogP contribution in [0.4, 0.5) is 0 Å². The van der Waals surface area contributed by atoms with Gasteiger partial charge in [-0.05, 0) is 50.6 Å². The van der Waals surface area contributed by atoms with Crippen molar-refractivity contribution >= 4 is 16.8 Å². The largest absolute Gasteiger partial charge is 0.384 e. The van der Waals surface area contributed by atoms with Gasteiger partial charge in [-0.1, -0.05) is 18.2 Å². The van der Waals surface area contributed by atoms with Gasteiger partial charge in [-0.3, -0.25) is 4.79 Å². The molecule has 128 valence electrons. The third kappa shape index (κ3) is 3.57. The zero-order valence-electron chi connectivity index (χ0n) is 14.4. The summed E-state index contributed by atoms with van der Waals surface area (Å²) in [5, 5.41) is 7.53. The van der Waals surface area contributed by atoms with Crippen LogP contribution in [0.5, 0.6) is 0 Å². The minimum atomic E-state index is -0.113. The number of methoxy groups -OCH3 is 1. The van der Waals surface area contributed by atoms with E-state index in [-0.39, 0.29) is 11.3 Å². The lowest BCUT2D eigenvalue weighted by atomic mass is 9.79. The molecule has 1 saturated heterocycles. The highest BCUT2D eigenvalue weighted by Gasteiger charge is 2.32. The molecule has 0 atom stereocenters. The molecular weight excluding hydrogens is 302 g/mol. The van der Waals surface area contributed by atoms with Gasteiger partial charge in [-0.25, -0.2) is 4.98 Å². The first kappa shape index (κ1) is 16.9. The molecule has 0 radical (unpaired) electrons. The molecule has 1 aliphatic heterocycles. The topological polar surface area (TPSA) is 63.2 Å². The van der Waals surface area contributed by atoms with Crippen molar-refractivity contribution in [3.05, 3.63) is 41.6 Å². The maximum absolute atomic E-state index is 12.6. The van der Waals surface area contributed by atoms with Crippen LogP contribution in [0.15, 0.2) is 30.3 Å². The Labute approximate surface area is 142 Å².